The van der Waals surface area contributed by atoms with Crippen LogP contribution >= 0.6 is 0 Å². The largest absolute Gasteiger partial charge is 0.327 e. The number of carbonyl (C=O) groups is 2. The Balaban J connectivity index is 2.10. The highest BCUT2D eigenvalue weighted by atomic mass is 19.1. The van der Waals surface area contributed by atoms with Crippen LogP contribution < -0.4 is 5.32 Å². The van der Waals surface area contributed by atoms with Gasteiger partial charge in [-0.05, 0) is 50.2 Å². The smallest absolute Gasteiger partial charge is 0.257 e. The Morgan fingerprint density at radius 1 is 1.04 bits per heavy atom. The van der Waals surface area contributed by atoms with Crippen LogP contribution in [0.15, 0.2) is 48.5 Å². The molecule has 6 heteroatoms. The Labute approximate surface area is 139 Å². The first-order chi connectivity index (χ1) is 11.4. The number of rotatable bonds is 5. The van der Waals surface area contributed by atoms with E-state index in [0.717, 1.165) is 0 Å². The summed E-state index contributed by atoms with van der Waals surface area (Å²) >= 11 is 0. The van der Waals surface area contributed by atoms with Crippen LogP contribution in [0.1, 0.15) is 24.2 Å². The second-order valence-electron chi connectivity index (χ2n) is 5.56. The molecule has 0 fully saturated rings. The van der Waals surface area contributed by atoms with E-state index in [-0.39, 0.29) is 18.2 Å². The molecule has 2 aromatic carbocycles. The number of benzene rings is 2. The van der Waals surface area contributed by atoms with Crippen molar-refractivity contribution in [1.82, 2.24) is 4.90 Å². The van der Waals surface area contributed by atoms with Gasteiger partial charge in [-0.2, -0.15) is 0 Å². The maximum Gasteiger partial charge on any atom is 0.257 e. The third kappa shape index (κ3) is 4.38. The van der Waals surface area contributed by atoms with Gasteiger partial charge in [-0.3, -0.25) is 9.59 Å². The van der Waals surface area contributed by atoms with Crippen LogP contribution in [0.4, 0.5) is 14.5 Å². The van der Waals surface area contributed by atoms with E-state index in [1.807, 2.05) is 0 Å². The molecule has 0 spiro atoms. The van der Waals surface area contributed by atoms with Crippen LogP contribution in [0, 0.1) is 11.6 Å². The molecule has 0 aliphatic heterocycles. The van der Waals surface area contributed by atoms with E-state index in [1.165, 1.54) is 47.4 Å². The standard InChI is InChI=1S/C18H18F2N2O2/c1-12(2)22(18(24)15-5-3-4-6-16(15)20)11-17(23)21-14-9-7-13(19)8-10-14/h3-10,12H,11H2,1-2H3,(H,21,23). The van der Waals surface area contributed by atoms with Gasteiger partial charge in [0.2, 0.25) is 5.91 Å². The van der Waals surface area contributed by atoms with Crippen LogP contribution in [0.2, 0.25) is 0 Å². The van der Waals surface area contributed by atoms with Gasteiger partial charge in [0, 0.05) is 11.7 Å². The molecule has 0 saturated carbocycles. The number of hydrogen-bond donors (Lipinski definition) is 1. The van der Waals surface area contributed by atoms with E-state index in [0.29, 0.717) is 5.69 Å². The van der Waals surface area contributed by atoms with Crippen molar-refractivity contribution in [3.63, 3.8) is 0 Å². The Kier molecular flexibility index (Phi) is 5.63. The lowest BCUT2D eigenvalue weighted by Crippen LogP contribution is -2.42. The summed E-state index contributed by atoms with van der Waals surface area (Å²) in [5, 5.41) is 2.58. The summed E-state index contributed by atoms with van der Waals surface area (Å²) in [6.45, 7) is 3.25. The summed E-state index contributed by atoms with van der Waals surface area (Å²) in [5.74, 6) is -2.05. The molecule has 0 bridgehead atoms. The fourth-order valence-corrected chi connectivity index (χ4v) is 2.17. The molecule has 24 heavy (non-hydrogen) atoms. The molecular formula is C18H18F2N2O2. The molecule has 0 radical (unpaired) electrons. The quantitative estimate of drug-likeness (QED) is 0.912. The zero-order valence-corrected chi connectivity index (χ0v) is 13.4. The van der Waals surface area contributed by atoms with Crippen LogP contribution in [-0.4, -0.2) is 29.3 Å². The zero-order valence-electron chi connectivity index (χ0n) is 13.4. The summed E-state index contributed by atoms with van der Waals surface area (Å²) < 4.78 is 26.7. The van der Waals surface area contributed by atoms with E-state index >= 15 is 0 Å². The van der Waals surface area contributed by atoms with Crippen molar-refractivity contribution in [2.45, 2.75) is 19.9 Å². The van der Waals surface area contributed by atoms with E-state index in [2.05, 4.69) is 5.32 Å². The lowest BCUT2D eigenvalue weighted by molar-refractivity contribution is -0.117. The lowest BCUT2D eigenvalue weighted by Gasteiger charge is -2.26. The first-order valence-corrected chi connectivity index (χ1v) is 7.49. The topological polar surface area (TPSA) is 49.4 Å². The number of nitrogens with zero attached hydrogens (tertiary/aromatic N) is 1. The maximum atomic E-state index is 13.8. The summed E-state index contributed by atoms with van der Waals surface area (Å²) in [6.07, 6.45) is 0. The molecule has 1 N–H and O–H groups in total. The molecule has 0 aliphatic rings. The second-order valence-corrected chi connectivity index (χ2v) is 5.56. The predicted molar refractivity (Wildman–Crippen MR) is 87.6 cm³/mol. The summed E-state index contributed by atoms with van der Waals surface area (Å²) in [4.78, 5) is 25.9. The minimum absolute atomic E-state index is 0.0826. The van der Waals surface area contributed by atoms with E-state index in [9.17, 15) is 18.4 Å². The van der Waals surface area contributed by atoms with Gasteiger partial charge in [-0.15, -0.1) is 0 Å². The molecule has 0 unspecified atom stereocenters. The highest BCUT2D eigenvalue weighted by Gasteiger charge is 2.23. The molecule has 4 nitrogen and oxygen atoms in total. The molecule has 0 heterocycles. The SMILES string of the molecule is CC(C)N(CC(=O)Nc1ccc(F)cc1)C(=O)c1ccccc1F. The van der Waals surface area contributed by atoms with Crippen LogP contribution in [-0.2, 0) is 4.79 Å². The molecule has 2 rings (SSSR count). The van der Waals surface area contributed by atoms with Gasteiger partial charge >= 0.3 is 0 Å². The Morgan fingerprint density at radius 2 is 1.67 bits per heavy atom. The summed E-state index contributed by atoms with van der Waals surface area (Å²) in [6, 6.07) is 10.6. The fraction of sp³-hybridized carbons (Fsp3) is 0.222. The molecule has 0 atom stereocenters. The molecule has 0 aromatic heterocycles. The average Bonchev–Trinajstić information content (AvgIpc) is 2.54. The Morgan fingerprint density at radius 3 is 2.25 bits per heavy atom. The van der Waals surface area contributed by atoms with E-state index in [1.54, 1.807) is 19.9 Å². The number of halogens is 2. The molecular weight excluding hydrogens is 314 g/mol. The fourth-order valence-electron chi connectivity index (χ4n) is 2.17. The first-order valence-electron chi connectivity index (χ1n) is 7.49. The second kappa shape index (κ2) is 7.68. The van der Waals surface area contributed by atoms with Crippen LogP contribution in [0.3, 0.4) is 0 Å². The van der Waals surface area contributed by atoms with Gasteiger partial charge in [0.15, 0.2) is 0 Å². The van der Waals surface area contributed by atoms with E-state index in [4.69, 9.17) is 0 Å². The molecule has 2 aromatic rings. The summed E-state index contributed by atoms with van der Waals surface area (Å²) in [5.41, 5.74) is 0.337. The minimum atomic E-state index is -0.632. The van der Waals surface area contributed by atoms with Gasteiger partial charge in [-0.1, -0.05) is 12.1 Å². The van der Waals surface area contributed by atoms with Crippen molar-refractivity contribution in [2.75, 3.05) is 11.9 Å². The van der Waals surface area contributed by atoms with Gasteiger partial charge in [-0.25, -0.2) is 8.78 Å². The number of hydrogen-bond acceptors (Lipinski definition) is 2. The van der Waals surface area contributed by atoms with Gasteiger partial charge in [0.25, 0.3) is 5.91 Å². The third-order valence-electron chi connectivity index (χ3n) is 3.43. The predicted octanol–water partition coefficient (Wildman–Crippen LogP) is 3.45. The Bertz CT molecular complexity index is 730. The number of anilines is 1. The van der Waals surface area contributed by atoms with Crippen molar-refractivity contribution in [2.24, 2.45) is 0 Å². The highest BCUT2D eigenvalue weighted by molar-refractivity contribution is 5.99. The van der Waals surface area contributed by atoms with Crippen LogP contribution in [0.25, 0.3) is 0 Å². The van der Waals surface area contributed by atoms with Crippen LogP contribution in [0.5, 0.6) is 0 Å². The van der Waals surface area contributed by atoms with Crippen molar-refractivity contribution >= 4 is 17.5 Å². The zero-order chi connectivity index (χ0) is 17.7. The summed E-state index contributed by atoms with van der Waals surface area (Å²) in [7, 11) is 0. The molecule has 2 amide bonds. The molecule has 0 aliphatic carbocycles. The van der Waals surface area contributed by atoms with Crippen molar-refractivity contribution in [3.8, 4) is 0 Å². The molecule has 0 saturated heterocycles. The van der Waals surface area contributed by atoms with Gasteiger partial charge in [0.05, 0.1) is 5.56 Å². The number of nitrogens with one attached hydrogen (secondary N) is 1. The molecule has 126 valence electrons. The van der Waals surface area contributed by atoms with Crippen molar-refractivity contribution in [1.29, 1.82) is 0 Å². The highest BCUT2D eigenvalue weighted by Crippen LogP contribution is 2.13. The minimum Gasteiger partial charge on any atom is -0.327 e. The Hall–Kier alpha value is -2.76. The number of amides is 2. The monoisotopic (exact) mass is 332 g/mol. The average molecular weight is 332 g/mol. The van der Waals surface area contributed by atoms with Gasteiger partial charge in [0.1, 0.15) is 18.2 Å². The van der Waals surface area contributed by atoms with Gasteiger partial charge < -0.3 is 10.2 Å². The van der Waals surface area contributed by atoms with Crippen molar-refractivity contribution < 1.29 is 18.4 Å². The normalized spacial score (nSPS) is 10.5. The first kappa shape index (κ1) is 17.6. The number of carbonyl (C=O) groups excluding carboxylic acids is 2. The lowest BCUT2D eigenvalue weighted by atomic mass is 10.1. The van der Waals surface area contributed by atoms with E-state index < -0.39 is 23.4 Å². The maximum absolute atomic E-state index is 13.8. The van der Waals surface area contributed by atoms with Crippen molar-refractivity contribution in [3.05, 3.63) is 65.7 Å². The third-order valence-corrected chi connectivity index (χ3v) is 3.43.